The maximum atomic E-state index is 5.13. The van der Waals surface area contributed by atoms with Crippen LogP contribution in [0.25, 0.3) is 11.5 Å². The van der Waals surface area contributed by atoms with E-state index in [1.165, 1.54) is 6.33 Å². The molecule has 0 spiro atoms. The van der Waals surface area contributed by atoms with Gasteiger partial charge in [-0.1, -0.05) is 20.3 Å². The topological polar surface area (TPSA) is 72.8 Å². The second-order valence-electron chi connectivity index (χ2n) is 4.69. The fraction of sp³-hybridized carbons (Fsp3) is 0.467. The smallest absolute Gasteiger partial charge is 0.216 e. The number of nitrogens with one attached hydrogen (secondary N) is 1. The molecule has 2 rings (SSSR count). The molecule has 6 nitrogen and oxygen atoms in total. The highest BCUT2D eigenvalue weighted by molar-refractivity contribution is 5.54. The molecule has 0 radical (unpaired) electrons. The summed E-state index contributed by atoms with van der Waals surface area (Å²) >= 11 is 0. The number of ether oxygens (including phenoxy) is 1. The standard InChI is InChI=1S/C15H21N5O/c1-4-6-11-8-13(16-7-5-2)20-15(19-11)12-9-14(21-3)18-10-17-12/h8-10H,4-7H2,1-3H3,(H,16,19,20). The van der Waals surface area contributed by atoms with Crippen LogP contribution in [0.2, 0.25) is 0 Å². The number of anilines is 1. The van der Waals surface area contributed by atoms with Gasteiger partial charge in [-0.15, -0.1) is 0 Å². The normalized spacial score (nSPS) is 10.4. The summed E-state index contributed by atoms with van der Waals surface area (Å²) in [5, 5.41) is 3.31. The van der Waals surface area contributed by atoms with Gasteiger partial charge in [-0.2, -0.15) is 0 Å². The van der Waals surface area contributed by atoms with E-state index < -0.39 is 0 Å². The number of aromatic nitrogens is 4. The van der Waals surface area contributed by atoms with Crippen molar-refractivity contribution in [3.05, 3.63) is 24.2 Å². The molecule has 6 heteroatoms. The molecule has 0 bridgehead atoms. The first kappa shape index (κ1) is 15.2. The van der Waals surface area contributed by atoms with Crippen molar-refractivity contribution in [3.8, 4) is 17.4 Å². The quantitative estimate of drug-likeness (QED) is 0.844. The summed E-state index contributed by atoms with van der Waals surface area (Å²) < 4.78 is 5.13. The zero-order chi connectivity index (χ0) is 15.1. The van der Waals surface area contributed by atoms with Crippen LogP contribution < -0.4 is 10.1 Å². The Hall–Kier alpha value is -2.24. The van der Waals surface area contributed by atoms with E-state index >= 15 is 0 Å². The molecule has 0 saturated heterocycles. The van der Waals surface area contributed by atoms with E-state index in [1.54, 1.807) is 13.2 Å². The summed E-state index contributed by atoms with van der Waals surface area (Å²) in [5.74, 6) is 1.94. The second-order valence-corrected chi connectivity index (χ2v) is 4.69. The highest BCUT2D eigenvalue weighted by Gasteiger charge is 2.09. The first-order chi connectivity index (χ1) is 10.3. The lowest BCUT2D eigenvalue weighted by molar-refractivity contribution is 0.397. The minimum absolute atomic E-state index is 0.507. The fourth-order valence-electron chi connectivity index (χ4n) is 1.91. The molecule has 112 valence electrons. The third kappa shape index (κ3) is 4.11. The van der Waals surface area contributed by atoms with E-state index in [0.29, 0.717) is 17.4 Å². The van der Waals surface area contributed by atoms with Gasteiger partial charge in [-0.05, 0) is 12.8 Å². The Balaban J connectivity index is 2.37. The Morgan fingerprint density at radius 1 is 1.10 bits per heavy atom. The number of aryl methyl sites for hydroxylation is 1. The van der Waals surface area contributed by atoms with Crippen molar-refractivity contribution in [3.63, 3.8) is 0 Å². The van der Waals surface area contributed by atoms with Crippen molar-refractivity contribution < 1.29 is 4.74 Å². The molecule has 0 amide bonds. The van der Waals surface area contributed by atoms with Gasteiger partial charge in [-0.25, -0.2) is 19.9 Å². The zero-order valence-electron chi connectivity index (χ0n) is 12.8. The third-order valence-electron chi connectivity index (χ3n) is 2.92. The minimum atomic E-state index is 0.507. The molecule has 0 fully saturated rings. The van der Waals surface area contributed by atoms with E-state index in [0.717, 1.165) is 37.3 Å². The van der Waals surface area contributed by atoms with Crippen molar-refractivity contribution in [2.24, 2.45) is 0 Å². The number of hydrogen-bond acceptors (Lipinski definition) is 6. The molecule has 2 aromatic heterocycles. The Morgan fingerprint density at radius 3 is 2.67 bits per heavy atom. The molecule has 1 N–H and O–H groups in total. The largest absolute Gasteiger partial charge is 0.481 e. The van der Waals surface area contributed by atoms with Crippen LogP contribution in [-0.2, 0) is 6.42 Å². The maximum Gasteiger partial charge on any atom is 0.216 e. The minimum Gasteiger partial charge on any atom is -0.481 e. The molecule has 0 aliphatic carbocycles. The van der Waals surface area contributed by atoms with Crippen molar-refractivity contribution in [2.45, 2.75) is 33.1 Å². The predicted molar refractivity (Wildman–Crippen MR) is 82.4 cm³/mol. The average Bonchev–Trinajstić information content (AvgIpc) is 2.53. The van der Waals surface area contributed by atoms with Crippen molar-refractivity contribution in [1.82, 2.24) is 19.9 Å². The first-order valence-corrected chi connectivity index (χ1v) is 7.25. The summed E-state index contributed by atoms with van der Waals surface area (Å²) in [6.07, 6.45) is 4.46. The van der Waals surface area contributed by atoms with Gasteiger partial charge >= 0.3 is 0 Å². The third-order valence-corrected chi connectivity index (χ3v) is 2.92. The second kappa shape index (κ2) is 7.52. The van der Waals surface area contributed by atoms with Crippen LogP contribution in [0.3, 0.4) is 0 Å². The van der Waals surface area contributed by atoms with Crippen LogP contribution in [0.4, 0.5) is 5.82 Å². The van der Waals surface area contributed by atoms with E-state index in [-0.39, 0.29) is 0 Å². The van der Waals surface area contributed by atoms with Crippen molar-refractivity contribution >= 4 is 5.82 Å². The van der Waals surface area contributed by atoms with Gasteiger partial charge in [0.15, 0.2) is 5.82 Å². The number of nitrogens with zero attached hydrogens (tertiary/aromatic N) is 4. The summed E-state index contributed by atoms with van der Waals surface area (Å²) in [6, 6.07) is 3.75. The molecule has 21 heavy (non-hydrogen) atoms. The highest BCUT2D eigenvalue weighted by Crippen LogP contribution is 2.19. The SMILES string of the molecule is CCCNc1cc(CCC)nc(-c2cc(OC)ncn2)n1. The van der Waals surface area contributed by atoms with Crippen LogP contribution in [0.5, 0.6) is 5.88 Å². The molecular weight excluding hydrogens is 266 g/mol. The van der Waals surface area contributed by atoms with Gasteiger partial charge in [0.2, 0.25) is 5.88 Å². The van der Waals surface area contributed by atoms with Crippen LogP contribution in [-0.4, -0.2) is 33.6 Å². The average molecular weight is 287 g/mol. The number of methoxy groups -OCH3 is 1. The van der Waals surface area contributed by atoms with Gasteiger partial charge in [0, 0.05) is 24.4 Å². The van der Waals surface area contributed by atoms with Crippen molar-refractivity contribution in [2.75, 3.05) is 19.0 Å². The Kier molecular flexibility index (Phi) is 5.43. The molecule has 0 saturated carbocycles. The van der Waals surface area contributed by atoms with Gasteiger partial charge < -0.3 is 10.1 Å². The molecule has 0 aliphatic heterocycles. The predicted octanol–water partition coefficient (Wildman–Crippen LogP) is 2.72. The van der Waals surface area contributed by atoms with Crippen LogP contribution in [0, 0.1) is 0 Å². The lowest BCUT2D eigenvalue weighted by atomic mass is 10.2. The van der Waals surface area contributed by atoms with E-state index in [9.17, 15) is 0 Å². The molecule has 2 aromatic rings. The number of rotatable bonds is 7. The molecule has 0 aromatic carbocycles. The van der Waals surface area contributed by atoms with Crippen molar-refractivity contribution in [1.29, 1.82) is 0 Å². The fourth-order valence-corrected chi connectivity index (χ4v) is 1.91. The Bertz CT molecular complexity index is 588. The van der Waals surface area contributed by atoms with E-state index in [4.69, 9.17) is 4.74 Å². The monoisotopic (exact) mass is 287 g/mol. The van der Waals surface area contributed by atoms with E-state index in [2.05, 4.69) is 39.1 Å². The molecule has 0 aliphatic rings. The van der Waals surface area contributed by atoms with Gasteiger partial charge in [0.1, 0.15) is 17.8 Å². The molecule has 0 atom stereocenters. The van der Waals surface area contributed by atoms with E-state index in [1.807, 2.05) is 6.07 Å². The molecule has 2 heterocycles. The summed E-state index contributed by atoms with van der Waals surface area (Å²) in [5.41, 5.74) is 1.68. The van der Waals surface area contributed by atoms with Crippen LogP contribution in [0.1, 0.15) is 32.4 Å². The Labute approximate surface area is 125 Å². The lowest BCUT2D eigenvalue weighted by Crippen LogP contribution is -2.06. The van der Waals surface area contributed by atoms with Gasteiger partial charge in [0.05, 0.1) is 7.11 Å². The van der Waals surface area contributed by atoms with Gasteiger partial charge in [-0.3, -0.25) is 0 Å². The highest BCUT2D eigenvalue weighted by atomic mass is 16.5. The number of hydrogen-bond donors (Lipinski definition) is 1. The van der Waals surface area contributed by atoms with Crippen LogP contribution in [0.15, 0.2) is 18.5 Å². The maximum absolute atomic E-state index is 5.13. The lowest BCUT2D eigenvalue weighted by Gasteiger charge is -2.09. The van der Waals surface area contributed by atoms with Crippen LogP contribution >= 0.6 is 0 Å². The molecule has 0 unspecified atom stereocenters. The zero-order valence-corrected chi connectivity index (χ0v) is 12.8. The summed E-state index contributed by atoms with van der Waals surface area (Å²) in [7, 11) is 1.58. The summed E-state index contributed by atoms with van der Waals surface area (Å²) in [4.78, 5) is 17.4. The first-order valence-electron chi connectivity index (χ1n) is 7.25. The van der Waals surface area contributed by atoms with Gasteiger partial charge in [0.25, 0.3) is 0 Å². The Morgan fingerprint density at radius 2 is 1.95 bits per heavy atom. The molecular formula is C15H21N5O. The summed E-state index contributed by atoms with van der Waals surface area (Å²) in [6.45, 7) is 5.14.